The number of unbranched alkanes of at least 4 members (excludes halogenated alkanes) is 6. The maximum atomic E-state index is 3.46. The van der Waals surface area contributed by atoms with Crippen LogP contribution in [0.4, 0.5) is 0 Å². The predicted molar refractivity (Wildman–Crippen MR) is 70.1 cm³/mol. The van der Waals surface area contributed by atoms with Gasteiger partial charge in [-0.3, -0.25) is 0 Å². The molecule has 0 aliphatic carbocycles. The van der Waals surface area contributed by atoms with Crippen molar-refractivity contribution < 1.29 is 0 Å². The lowest BCUT2D eigenvalue weighted by Crippen LogP contribution is -1.81. The minimum atomic E-state index is 0.717. The molecule has 0 aromatic carbocycles. The van der Waals surface area contributed by atoms with Gasteiger partial charge in [0.05, 0.1) is 0 Å². The van der Waals surface area contributed by atoms with E-state index >= 15 is 0 Å². The second-order valence-corrected chi connectivity index (χ2v) is 5.06. The summed E-state index contributed by atoms with van der Waals surface area (Å²) in [6.07, 6.45) is 14.3. The molecular formula is C13H25Br. The van der Waals surface area contributed by atoms with Gasteiger partial charge in [0.25, 0.3) is 0 Å². The summed E-state index contributed by atoms with van der Waals surface area (Å²) in [7, 11) is 0. The fourth-order valence-electron chi connectivity index (χ4n) is 1.43. The molecule has 0 N–H and O–H groups in total. The van der Waals surface area contributed by atoms with E-state index in [-0.39, 0.29) is 0 Å². The van der Waals surface area contributed by atoms with Crippen LogP contribution in [0.1, 0.15) is 58.8 Å². The topological polar surface area (TPSA) is 0 Å². The molecule has 0 unspecified atom stereocenters. The van der Waals surface area contributed by atoms with E-state index in [0.717, 1.165) is 0 Å². The van der Waals surface area contributed by atoms with Gasteiger partial charge in [-0.25, -0.2) is 0 Å². The van der Waals surface area contributed by atoms with Crippen LogP contribution in [0.3, 0.4) is 0 Å². The number of hydrogen-bond donors (Lipinski definition) is 0. The first-order valence-electron chi connectivity index (χ1n) is 6.00. The molecule has 1 heteroatoms. The summed E-state index contributed by atoms with van der Waals surface area (Å²) in [6.45, 7) is 4.47. The Morgan fingerprint density at radius 3 is 2.07 bits per heavy atom. The molecule has 0 fully saturated rings. The van der Waals surface area contributed by atoms with Gasteiger partial charge in [-0.15, -0.1) is 0 Å². The zero-order chi connectivity index (χ0) is 10.6. The summed E-state index contributed by atoms with van der Waals surface area (Å²) >= 11 is 3.46. The second kappa shape index (κ2) is 11.3. The van der Waals surface area contributed by atoms with E-state index in [1.54, 1.807) is 0 Å². The highest BCUT2D eigenvalue weighted by atomic mass is 79.9. The molecule has 0 radical (unpaired) electrons. The first-order chi connectivity index (χ1) is 6.77. The summed E-state index contributed by atoms with van der Waals surface area (Å²) in [5.41, 5.74) is 0. The Bertz CT molecular complexity index is 127. The number of allylic oxidation sites excluding steroid dienone is 2. The lowest BCUT2D eigenvalue weighted by molar-refractivity contribution is 0.613. The predicted octanol–water partition coefficient (Wildman–Crippen LogP) is 5.32. The van der Waals surface area contributed by atoms with Gasteiger partial charge in [0.1, 0.15) is 0 Å². The molecule has 0 nitrogen and oxygen atoms in total. The third-order valence-electron chi connectivity index (χ3n) is 2.28. The van der Waals surface area contributed by atoms with Crippen LogP contribution in [0.15, 0.2) is 12.2 Å². The third-order valence-corrected chi connectivity index (χ3v) is 2.84. The fraction of sp³-hybridized carbons (Fsp3) is 0.846. The molecular weight excluding hydrogens is 236 g/mol. The smallest absolute Gasteiger partial charge is 0.00313 e. The minimum absolute atomic E-state index is 0.717. The van der Waals surface area contributed by atoms with Crippen LogP contribution in [0.5, 0.6) is 0 Å². The molecule has 0 aliphatic rings. The number of hydrogen-bond acceptors (Lipinski definition) is 0. The molecule has 0 rings (SSSR count). The van der Waals surface area contributed by atoms with Gasteiger partial charge < -0.3 is 0 Å². The molecule has 0 aromatic rings. The van der Waals surface area contributed by atoms with Crippen molar-refractivity contribution in [3.05, 3.63) is 12.2 Å². The van der Waals surface area contributed by atoms with Crippen LogP contribution < -0.4 is 0 Å². The quantitative estimate of drug-likeness (QED) is 0.299. The van der Waals surface area contributed by atoms with Crippen LogP contribution in [0.2, 0.25) is 0 Å². The molecule has 0 atom stereocenters. The van der Waals surface area contributed by atoms with E-state index in [2.05, 4.69) is 41.9 Å². The van der Waals surface area contributed by atoms with Gasteiger partial charge in [-0.05, 0) is 25.2 Å². The van der Waals surface area contributed by atoms with Crippen LogP contribution in [0.25, 0.3) is 0 Å². The summed E-state index contributed by atoms with van der Waals surface area (Å²) in [6, 6.07) is 0. The Morgan fingerprint density at radius 1 is 0.929 bits per heavy atom. The lowest BCUT2D eigenvalue weighted by Gasteiger charge is -1.99. The molecule has 84 valence electrons. The first-order valence-corrected chi connectivity index (χ1v) is 7.12. The summed E-state index contributed by atoms with van der Waals surface area (Å²) in [5, 5.41) is 1.17. The van der Waals surface area contributed by atoms with Gasteiger partial charge >= 0.3 is 0 Å². The molecule has 0 heterocycles. The molecule has 14 heavy (non-hydrogen) atoms. The van der Waals surface area contributed by atoms with Gasteiger partial charge in [0.15, 0.2) is 0 Å². The number of rotatable bonds is 9. The fourth-order valence-corrected chi connectivity index (χ4v) is 1.83. The van der Waals surface area contributed by atoms with E-state index in [1.807, 2.05) is 0 Å². The highest BCUT2D eigenvalue weighted by Crippen LogP contribution is 2.08. The van der Waals surface area contributed by atoms with Crippen molar-refractivity contribution in [3.63, 3.8) is 0 Å². The van der Waals surface area contributed by atoms with Crippen LogP contribution >= 0.6 is 15.9 Å². The molecule has 0 aliphatic heterocycles. The number of alkyl halides is 1. The molecule has 0 saturated carbocycles. The van der Waals surface area contributed by atoms with Gasteiger partial charge in [0, 0.05) is 5.33 Å². The normalized spacial score (nSPS) is 11.7. The Balaban J connectivity index is 2.99. The first kappa shape index (κ1) is 14.2. The Kier molecular flexibility index (Phi) is 11.5. The average Bonchev–Trinajstić information content (AvgIpc) is 2.15. The maximum Gasteiger partial charge on any atom is 0.00313 e. The van der Waals surface area contributed by atoms with Crippen molar-refractivity contribution in [2.45, 2.75) is 58.8 Å². The van der Waals surface area contributed by atoms with Crippen molar-refractivity contribution >= 4 is 15.9 Å². The maximum absolute atomic E-state index is 3.46. The molecule has 0 bridgehead atoms. The van der Waals surface area contributed by atoms with Gasteiger partial charge in [-0.2, -0.15) is 0 Å². The third kappa shape index (κ3) is 12.2. The molecule has 0 spiro atoms. The van der Waals surface area contributed by atoms with Crippen molar-refractivity contribution in [2.75, 3.05) is 5.33 Å². The van der Waals surface area contributed by atoms with Crippen LogP contribution in [-0.2, 0) is 0 Å². The largest absolute Gasteiger partial charge is 0.0928 e. The molecule has 0 saturated heterocycles. The highest BCUT2D eigenvalue weighted by molar-refractivity contribution is 9.09. The van der Waals surface area contributed by atoms with Gasteiger partial charge in [-0.1, -0.05) is 67.6 Å². The van der Waals surface area contributed by atoms with E-state index in [9.17, 15) is 0 Å². The monoisotopic (exact) mass is 260 g/mol. The lowest BCUT2D eigenvalue weighted by atomic mass is 10.1. The van der Waals surface area contributed by atoms with E-state index in [4.69, 9.17) is 0 Å². The number of halogens is 1. The van der Waals surface area contributed by atoms with Crippen LogP contribution in [0, 0.1) is 5.92 Å². The average molecular weight is 261 g/mol. The Hall–Kier alpha value is 0.220. The van der Waals surface area contributed by atoms with Crippen molar-refractivity contribution in [3.8, 4) is 0 Å². The standard InChI is InChI=1S/C13H25Br/c1-13(2)11-9-7-5-3-4-6-8-10-12-14/h9,11,13H,3-8,10,12H2,1-2H3/b11-9+. The SMILES string of the molecule is CC(C)/C=C/CCCCCCCCBr. The van der Waals surface area contributed by atoms with E-state index in [1.165, 1.54) is 50.3 Å². The highest BCUT2D eigenvalue weighted by Gasteiger charge is 1.89. The molecule has 0 amide bonds. The van der Waals surface area contributed by atoms with E-state index < -0.39 is 0 Å². The van der Waals surface area contributed by atoms with E-state index in [0.29, 0.717) is 5.92 Å². The summed E-state index contributed by atoms with van der Waals surface area (Å²) < 4.78 is 0. The molecule has 0 aromatic heterocycles. The summed E-state index contributed by atoms with van der Waals surface area (Å²) in [5.74, 6) is 0.717. The summed E-state index contributed by atoms with van der Waals surface area (Å²) in [4.78, 5) is 0. The van der Waals surface area contributed by atoms with Crippen LogP contribution in [-0.4, -0.2) is 5.33 Å². The second-order valence-electron chi connectivity index (χ2n) is 4.27. The van der Waals surface area contributed by atoms with Crippen molar-refractivity contribution in [2.24, 2.45) is 5.92 Å². The zero-order valence-corrected chi connectivity index (χ0v) is 11.4. The van der Waals surface area contributed by atoms with Gasteiger partial charge in [0.2, 0.25) is 0 Å². The van der Waals surface area contributed by atoms with Crippen molar-refractivity contribution in [1.82, 2.24) is 0 Å². The minimum Gasteiger partial charge on any atom is -0.0928 e. The zero-order valence-electron chi connectivity index (χ0n) is 9.77. The Labute approximate surface area is 98.3 Å². The van der Waals surface area contributed by atoms with Crippen molar-refractivity contribution in [1.29, 1.82) is 0 Å². The Morgan fingerprint density at radius 2 is 1.50 bits per heavy atom.